The van der Waals surface area contributed by atoms with Gasteiger partial charge in [0.15, 0.2) is 0 Å². The lowest BCUT2D eigenvalue weighted by molar-refractivity contribution is 0.117. The number of rotatable bonds is 5. The number of fused-ring (bicyclic) bond motifs is 1. The molecule has 2 aromatic rings. The first-order valence-corrected chi connectivity index (χ1v) is 5.86. The van der Waals surface area contributed by atoms with Gasteiger partial charge in [0.1, 0.15) is 0 Å². The number of hydrogen-bond donors (Lipinski definition) is 1. The summed E-state index contributed by atoms with van der Waals surface area (Å²) < 4.78 is 5.20. The Kier molecular flexibility index (Phi) is 4.07. The lowest BCUT2D eigenvalue weighted by Gasteiger charge is -2.11. The molecule has 17 heavy (non-hydrogen) atoms. The van der Waals surface area contributed by atoms with Crippen molar-refractivity contribution in [3.05, 3.63) is 42.2 Å². The Morgan fingerprint density at radius 2 is 2.12 bits per heavy atom. The minimum Gasteiger partial charge on any atom is -0.380 e. The van der Waals surface area contributed by atoms with E-state index in [1.54, 1.807) is 7.11 Å². The Balaban J connectivity index is 2.08. The van der Waals surface area contributed by atoms with Crippen LogP contribution in [0.25, 0.3) is 10.8 Å². The second-order valence-corrected chi connectivity index (χ2v) is 4.20. The average molecular weight is 230 g/mol. The molecule has 0 saturated carbocycles. The van der Waals surface area contributed by atoms with Crippen LogP contribution in [0, 0.1) is 0 Å². The summed E-state index contributed by atoms with van der Waals surface area (Å²) in [6.45, 7) is 3.72. The van der Waals surface area contributed by atoms with E-state index in [1.165, 1.54) is 16.3 Å². The number of ether oxygens (including phenoxy) is 1. The normalized spacial score (nSPS) is 12.8. The molecule has 1 atom stereocenters. The Labute approximate surface area is 102 Å². The molecule has 1 aromatic carbocycles. The Bertz CT molecular complexity index is 479. The van der Waals surface area contributed by atoms with Crippen LogP contribution in [0.3, 0.4) is 0 Å². The van der Waals surface area contributed by atoms with Crippen molar-refractivity contribution in [3.8, 4) is 0 Å². The number of benzene rings is 1. The highest BCUT2D eigenvalue weighted by atomic mass is 16.5. The van der Waals surface area contributed by atoms with E-state index in [0.717, 1.165) is 13.1 Å². The minimum absolute atomic E-state index is 0.234. The Morgan fingerprint density at radius 3 is 2.94 bits per heavy atom. The third-order valence-electron chi connectivity index (χ3n) is 2.90. The van der Waals surface area contributed by atoms with E-state index in [9.17, 15) is 0 Å². The van der Waals surface area contributed by atoms with Gasteiger partial charge in [-0.15, -0.1) is 0 Å². The first-order valence-electron chi connectivity index (χ1n) is 5.86. The lowest BCUT2D eigenvalue weighted by Crippen LogP contribution is -2.25. The van der Waals surface area contributed by atoms with E-state index < -0.39 is 0 Å². The van der Waals surface area contributed by atoms with Gasteiger partial charge < -0.3 is 10.1 Å². The first kappa shape index (κ1) is 12.0. The topological polar surface area (TPSA) is 34.1 Å². The summed E-state index contributed by atoms with van der Waals surface area (Å²) in [4.78, 5) is 4.26. The summed E-state index contributed by atoms with van der Waals surface area (Å²) in [5.74, 6) is 0. The van der Waals surface area contributed by atoms with E-state index in [2.05, 4.69) is 28.5 Å². The van der Waals surface area contributed by atoms with Crippen molar-refractivity contribution in [2.24, 2.45) is 0 Å². The molecule has 0 bridgehead atoms. The van der Waals surface area contributed by atoms with Gasteiger partial charge in [-0.1, -0.05) is 24.3 Å². The summed E-state index contributed by atoms with van der Waals surface area (Å²) >= 11 is 0. The van der Waals surface area contributed by atoms with Gasteiger partial charge in [-0.05, 0) is 17.9 Å². The van der Waals surface area contributed by atoms with Crippen molar-refractivity contribution in [3.63, 3.8) is 0 Å². The number of pyridine rings is 1. The fraction of sp³-hybridized carbons (Fsp3) is 0.357. The summed E-state index contributed by atoms with van der Waals surface area (Å²) in [6, 6.07) is 8.31. The van der Waals surface area contributed by atoms with Crippen molar-refractivity contribution in [1.82, 2.24) is 10.3 Å². The van der Waals surface area contributed by atoms with Gasteiger partial charge in [0.05, 0.1) is 6.10 Å². The van der Waals surface area contributed by atoms with Crippen molar-refractivity contribution >= 4 is 10.8 Å². The smallest absolute Gasteiger partial charge is 0.0667 e. The highest BCUT2D eigenvalue weighted by Crippen LogP contribution is 2.16. The molecule has 0 aliphatic rings. The monoisotopic (exact) mass is 230 g/mol. The maximum absolute atomic E-state index is 5.20. The number of nitrogens with zero attached hydrogens (tertiary/aromatic N) is 1. The predicted octanol–water partition coefficient (Wildman–Crippen LogP) is 2.36. The molecular weight excluding hydrogens is 212 g/mol. The molecule has 90 valence electrons. The van der Waals surface area contributed by atoms with Crippen LogP contribution in [-0.4, -0.2) is 24.7 Å². The molecule has 1 aromatic heterocycles. The van der Waals surface area contributed by atoms with Gasteiger partial charge >= 0.3 is 0 Å². The molecule has 0 radical (unpaired) electrons. The van der Waals surface area contributed by atoms with Gasteiger partial charge in [-0.25, -0.2) is 0 Å². The van der Waals surface area contributed by atoms with Gasteiger partial charge in [0.2, 0.25) is 0 Å². The SMILES string of the molecule is COC(C)CNCc1cncc2ccccc12. The van der Waals surface area contributed by atoms with Crippen LogP contribution in [0.4, 0.5) is 0 Å². The van der Waals surface area contributed by atoms with Crippen LogP contribution in [0.15, 0.2) is 36.7 Å². The zero-order chi connectivity index (χ0) is 12.1. The minimum atomic E-state index is 0.234. The second-order valence-electron chi connectivity index (χ2n) is 4.20. The van der Waals surface area contributed by atoms with Gasteiger partial charge in [0, 0.05) is 38.0 Å². The summed E-state index contributed by atoms with van der Waals surface area (Å²) in [5, 5.41) is 5.83. The van der Waals surface area contributed by atoms with Crippen LogP contribution < -0.4 is 5.32 Å². The molecule has 0 aliphatic carbocycles. The van der Waals surface area contributed by atoms with Crippen molar-refractivity contribution < 1.29 is 4.74 Å². The van der Waals surface area contributed by atoms with E-state index in [-0.39, 0.29) is 6.10 Å². The summed E-state index contributed by atoms with van der Waals surface area (Å²) in [5.41, 5.74) is 1.23. The van der Waals surface area contributed by atoms with Crippen LogP contribution in [0.2, 0.25) is 0 Å². The maximum Gasteiger partial charge on any atom is 0.0667 e. The number of methoxy groups -OCH3 is 1. The maximum atomic E-state index is 5.20. The van der Waals surface area contributed by atoms with Crippen LogP contribution in [0.1, 0.15) is 12.5 Å². The fourth-order valence-electron chi connectivity index (χ4n) is 1.81. The summed E-state index contributed by atoms with van der Waals surface area (Å²) in [7, 11) is 1.73. The van der Waals surface area contributed by atoms with Crippen molar-refractivity contribution in [2.75, 3.05) is 13.7 Å². The average Bonchev–Trinajstić information content (AvgIpc) is 2.39. The Morgan fingerprint density at radius 1 is 1.29 bits per heavy atom. The molecule has 3 nitrogen and oxygen atoms in total. The van der Waals surface area contributed by atoms with Gasteiger partial charge in [-0.3, -0.25) is 4.98 Å². The van der Waals surface area contributed by atoms with Crippen LogP contribution >= 0.6 is 0 Å². The van der Waals surface area contributed by atoms with E-state index >= 15 is 0 Å². The molecule has 3 heteroatoms. The highest BCUT2D eigenvalue weighted by molar-refractivity contribution is 5.84. The fourth-order valence-corrected chi connectivity index (χ4v) is 1.81. The number of nitrogens with one attached hydrogen (secondary N) is 1. The van der Waals surface area contributed by atoms with Gasteiger partial charge in [0.25, 0.3) is 0 Å². The quantitative estimate of drug-likeness (QED) is 0.856. The zero-order valence-electron chi connectivity index (χ0n) is 10.3. The van der Waals surface area contributed by atoms with E-state index in [4.69, 9.17) is 4.74 Å². The molecule has 0 aliphatic heterocycles. The molecule has 2 rings (SSSR count). The summed E-state index contributed by atoms with van der Waals surface area (Å²) in [6.07, 6.45) is 4.06. The lowest BCUT2D eigenvalue weighted by atomic mass is 10.1. The number of hydrogen-bond acceptors (Lipinski definition) is 3. The molecule has 0 fully saturated rings. The molecule has 0 saturated heterocycles. The molecule has 1 unspecified atom stereocenters. The third-order valence-corrected chi connectivity index (χ3v) is 2.90. The van der Waals surface area contributed by atoms with Crippen molar-refractivity contribution in [2.45, 2.75) is 19.6 Å². The first-order chi connectivity index (χ1) is 8.31. The molecular formula is C14H18N2O. The molecule has 1 N–H and O–H groups in total. The Hall–Kier alpha value is -1.45. The second kappa shape index (κ2) is 5.75. The van der Waals surface area contributed by atoms with E-state index in [1.807, 2.05) is 25.4 Å². The largest absolute Gasteiger partial charge is 0.380 e. The standard InChI is InChI=1S/C14H18N2O/c1-11(17-2)7-15-9-13-10-16-8-12-5-3-4-6-14(12)13/h3-6,8,10-11,15H,7,9H2,1-2H3. The third kappa shape index (κ3) is 3.02. The van der Waals surface area contributed by atoms with E-state index in [0.29, 0.717) is 0 Å². The predicted molar refractivity (Wildman–Crippen MR) is 69.9 cm³/mol. The molecule has 0 spiro atoms. The molecule has 1 heterocycles. The van der Waals surface area contributed by atoms with Crippen molar-refractivity contribution in [1.29, 1.82) is 0 Å². The van der Waals surface area contributed by atoms with Gasteiger partial charge in [-0.2, -0.15) is 0 Å². The van der Waals surface area contributed by atoms with Crippen LogP contribution in [0.5, 0.6) is 0 Å². The highest BCUT2D eigenvalue weighted by Gasteiger charge is 2.02. The number of aromatic nitrogens is 1. The van der Waals surface area contributed by atoms with Crippen LogP contribution in [-0.2, 0) is 11.3 Å². The molecule has 0 amide bonds. The zero-order valence-corrected chi connectivity index (χ0v) is 10.3.